The molecule has 0 bridgehead atoms. The van der Waals surface area contributed by atoms with E-state index in [2.05, 4.69) is 15.5 Å². The van der Waals surface area contributed by atoms with Crippen molar-refractivity contribution in [2.45, 2.75) is 6.92 Å². The van der Waals surface area contributed by atoms with E-state index in [1.165, 1.54) is 0 Å². The van der Waals surface area contributed by atoms with Crippen LogP contribution in [0, 0.1) is 6.92 Å². The number of ether oxygens (including phenoxy) is 2. The second kappa shape index (κ2) is 4.18. The molecule has 6 heteroatoms. The van der Waals surface area contributed by atoms with Crippen LogP contribution < -0.4 is 9.47 Å². The molecule has 0 unspecified atom stereocenters. The molecule has 0 fully saturated rings. The number of hydrogen-bond donors (Lipinski definition) is 0. The zero-order valence-corrected chi connectivity index (χ0v) is 9.34. The third-order valence-electron chi connectivity index (χ3n) is 2.24. The molecule has 0 atom stereocenters. The van der Waals surface area contributed by atoms with Gasteiger partial charge in [0.2, 0.25) is 0 Å². The van der Waals surface area contributed by atoms with E-state index < -0.39 is 0 Å². The summed E-state index contributed by atoms with van der Waals surface area (Å²) in [4.78, 5) is 0. The molecule has 0 spiro atoms. The van der Waals surface area contributed by atoms with Gasteiger partial charge in [-0.05, 0) is 29.5 Å². The van der Waals surface area contributed by atoms with Crippen LogP contribution in [0.4, 0.5) is 0 Å². The number of tetrazole rings is 1. The van der Waals surface area contributed by atoms with E-state index in [-0.39, 0.29) is 0 Å². The Balaban J connectivity index is 2.53. The minimum Gasteiger partial charge on any atom is -0.497 e. The van der Waals surface area contributed by atoms with Crippen molar-refractivity contribution in [3.63, 3.8) is 0 Å². The van der Waals surface area contributed by atoms with Crippen molar-refractivity contribution >= 4 is 0 Å². The molecule has 0 N–H and O–H groups in total. The summed E-state index contributed by atoms with van der Waals surface area (Å²) in [6.07, 6.45) is 0. The monoisotopic (exact) mass is 220 g/mol. The molecule has 0 radical (unpaired) electrons. The van der Waals surface area contributed by atoms with Crippen molar-refractivity contribution in [3.8, 4) is 17.2 Å². The van der Waals surface area contributed by atoms with E-state index in [1.807, 2.05) is 19.1 Å². The topological polar surface area (TPSA) is 62.1 Å². The average molecular weight is 220 g/mol. The quantitative estimate of drug-likeness (QED) is 0.771. The molecule has 16 heavy (non-hydrogen) atoms. The number of aryl methyl sites for hydroxylation is 1. The Kier molecular flexibility index (Phi) is 2.72. The second-order valence-corrected chi connectivity index (χ2v) is 3.18. The molecule has 0 aliphatic heterocycles. The Bertz CT molecular complexity index is 495. The minimum absolute atomic E-state index is 0.662. The Hall–Kier alpha value is -2.11. The maximum Gasteiger partial charge on any atom is 0.153 e. The Morgan fingerprint density at radius 3 is 2.56 bits per heavy atom. The minimum atomic E-state index is 0.662. The number of nitrogens with zero attached hydrogens (tertiary/aromatic N) is 4. The van der Waals surface area contributed by atoms with Crippen LogP contribution in [0.25, 0.3) is 5.69 Å². The van der Waals surface area contributed by atoms with E-state index in [0.717, 1.165) is 11.4 Å². The van der Waals surface area contributed by atoms with Crippen LogP contribution in [0.3, 0.4) is 0 Å². The largest absolute Gasteiger partial charge is 0.497 e. The Labute approximate surface area is 92.8 Å². The van der Waals surface area contributed by atoms with Crippen LogP contribution in [0.1, 0.15) is 5.82 Å². The van der Waals surface area contributed by atoms with E-state index in [1.54, 1.807) is 25.0 Å². The average Bonchev–Trinajstić information content (AvgIpc) is 2.74. The van der Waals surface area contributed by atoms with Gasteiger partial charge < -0.3 is 9.47 Å². The zero-order chi connectivity index (χ0) is 11.5. The maximum atomic E-state index is 5.27. The molecule has 2 aromatic rings. The van der Waals surface area contributed by atoms with E-state index >= 15 is 0 Å². The van der Waals surface area contributed by atoms with Crippen LogP contribution in [0.15, 0.2) is 18.2 Å². The lowest BCUT2D eigenvalue weighted by molar-refractivity contribution is 0.392. The summed E-state index contributed by atoms with van der Waals surface area (Å²) in [5.74, 6) is 2.09. The summed E-state index contributed by atoms with van der Waals surface area (Å²) >= 11 is 0. The van der Waals surface area contributed by atoms with Crippen LogP contribution >= 0.6 is 0 Å². The van der Waals surface area contributed by atoms with Crippen molar-refractivity contribution < 1.29 is 9.47 Å². The third-order valence-corrected chi connectivity index (χ3v) is 2.24. The van der Waals surface area contributed by atoms with Gasteiger partial charge in [0.1, 0.15) is 17.2 Å². The van der Waals surface area contributed by atoms with Crippen molar-refractivity contribution in [3.05, 3.63) is 24.0 Å². The molecule has 0 amide bonds. The normalized spacial score (nSPS) is 10.2. The van der Waals surface area contributed by atoms with Crippen molar-refractivity contribution in [2.75, 3.05) is 14.2 Å². The van der Waals surface area contributed by atoms with Gasteiger partial charge in [0.15, 0.2) is 5.82 Å². The maximum absolute atomic E-state index is 5.27. The summed E-state index contributed by atoms with van der Waals surface area (Å²) in [7, 11) is 3.20. The molecule has 0 saturated heterocycles. The van der Waals surface area contributed by atoms with E-state index in [9.17, 15) is 0 Å². The number of aromatic nitrogens is 4. The van der Waals surface area contributed by atoms with Crippen LogP contribution in [0.5, 0.6) is 11.5 Å². The highest BCUT2D eigenvalue weighted by Crippen LogP contribution is 2.27. The number of hydrogen-bond acceptors (Lipinski definition) is 5. The summed E-state index contributed by atoms with van der Waals surface area (Å²) in [6, 6.07) is 5.47. The fraction of sp³-hybridized carbons (Fsp3) is 0.300. The fourth-order valence-electron chi connectivity index (χ4n) is 1.41. The van der Waals surface area contributed by atoms with Gasteiger partial charge in [-0.1, -0.05) is 0 Å². The number of rotatable bonds is 3. The number of methoxy groups -OCH3 is 2. The van der Waals surface area contributed by atoms with Crippen molar-refractivity contribution in [1.82, 2.24) is 20.2 Å². The summed E-state index contributed by atoms with van der Waals surface area (Å²) < 4.78 is 12.0. The fourth-order valence-corrected chi connectivity index (χ4v) is 1.41. The predicted molar refractivity (Wildman–Crippen MR) is 57.0 cm³/mol. The lowest BCUT2D eigenvalue weighted by Crippen LogP contribution is -2.02. The van der Waals surface area contributed by atoms with Gasteiger partial charge in [0.05, 0.1) is 14.2 Å². The van der Waals surface area contributed by atoms with Gasteiger partial charge >= 0.3 is 0 Å². The molecule has 0 aliphatic carbocycles. The smallest absolute Gasteiger partial charge is 0.153 e. The van der Waals surface area contributed by atoms with Gasteiger partial charge in [-0.3, -0.25) is 0 Å². The van der Waals surface area contributed by atoms with Crippen LogP contribution in [-0.2, 0) is 0 Å². The first-order chi connectivity index (χ1) is 7.76. The third kappa shape index (κ3) is 1.69. The molecule has 1 heterocycles. The molecule has 0 saturated carbocycles. The molecule has 0 aliphatic rings. The van der Waals surface area contributed by atoms with Gasteiger partial charge in [-0.15, -0.1) is 5.10 Å². The summed E-state index contributed by atoms with van der Waals surface area (Å²) in [6.45, 7) is 1.82. The molecular weight excluding hydrogens is 208 g/mol. The highest BCUT2D eigenvalue weighted by molar-refractivity contribution is 5.50. The molecule has 1 aromatic carbocycles. The Morgan fingerprint density at radius 2 is 2.00 bits per heavy atom. The van der Waals surface area contributed by atoms with Gasteiger partial charge in [-0.25, -0.2) is 0 Å². The lowest BCUT2D eigenvalue weighted by Gasteiger charge is -2.09. The molecule has 2 rings (SSSR count). The molecule has 6 nitrogen and oxygen atoms in total. The van der Waals surface area contributed by atoms with Crippen LogP contribution in [0.2, 0.25) is 0 Å². The first-order valence-corrected chi connectivity index (χ1v) is 4.73. The van der Waals surface area contributed by atoms with E-state index in [0.29, 0.717) is 11.6 Å². The lowest BCUT2D eigenvalue weighted by atomic mass is 10.2. The summed E-state index contributed by atoms with van der Waals surface area (Å²) in [5, 5.41) is 11.3. The predicted octanol–water partition coefficient (Wildman–Crippen LogP) is 0.988. The number of benzene rings is 1. The van der Waals surface area contributed by atoms with Crippen molar-refractivity contribution in [1.29, 1.82) is 0 Å². The molecular formula is C10H12N4O2. The summed E-state index contributed by atoms with van der Waals surface area (Å²) in [5.41, 5.74) is 0.783. The standard InChI is InChI=1S/C10H12N4O2/c1-7-11-12-13-14(7)9-5-4-8(15-2)6-10(9)16-3/h4-6H,1-3H3. The zero-order valence-electron chi connectivity index (χ0n) is 9.34. The van der Waals surface area contributed by atoms with Gasteiger partial charge in [0.25, 0.3) is 0 Å². The SMILES string of the molecule is COc1ccc(-n2nnnc2C)c(OC)c1. The van der Waals surface area contributed by atoms with Gasteiger partial charge in [0, 0.05) is 6.07 Å². The highest BCUT2D eigenvalue weighted by atomic mass is 16.5. The first kappa shape index (κ1) is 10.4. The van der Waals surface area contributed by atoms with Gasteiger partial charge in [-0.2, -0.15) is 4.68 Å². The van der Waals surface area contributed by atoms with E-state index in [4.69, 9.17) is 9.47 Å². The highest BCUT2D eigenvalue weighted by Gasteiger charge is 2.10. The molecule has 1 aromatic heterocycles. The Morgan fingerprint density at radius 1 is 1.19 bits per heavy atom. The van der Waals surface area contributed by atoms with Crippen molar-refractivity contribution in [2.24, 2.45) is 0 Å². The first-order valence-electron chi connectivity index (χ1n) is 4.73. The van der Waals surface area contributed by atoms with Crippen LogP contribution in [-0.4, -0.2) is 34.4 Å². The second-order valence-electron chi connectivity index (χ2n) is 3.18. The molecule has 84 valence electrons.